The second kappa shape index (κ2) is 4.51. The van der Waals surface area contributed by atoms with Crippen molar-refractivity contribution in [1.29, 1.82) is 0 Å². The van der Waals surface area contributed by atoms with Gasteiger partial charge in [-0.3, -0.25) is 9.69 Å². The molecule has 0 aromatic rings. The quantitative estimate of drug-likeness (QED) is 0.612. The number of rotatable bonds is 2. The van der Waals surface area contributed by atoms with Gasteiger partial charge in [-0.15, -0.1) is 11.6 Å². The third-order valence-corrected chi connectivity index (χ3v) is 4.73. The lowest BCUT2D eigenvalue weighted by molar-refractivity contribution is -0.145. The Balaban J connectivity index is 2.48. The standard InChI is InChI=1S/C11H13ClN2O3S/c1-5-6(4-13(2)3)18-10-7(12)9(15)14(10)8(5)11(16)17/h4,7,10H,1-3H3,(H,16,17)/b6-4-/t7-,10+/m0/s1. The summed E-state index contributed by atoms with van der Waals surface area (Å²) in [7, 11) is 3.72. The van der Waals surface area contributed by atoms with Crippen LogP contribution < -0.4 is 0 Å². The smallest absolute Gasteiger partial charge is 0.352 e. The molecule has 0 radical (unpaired) electrons. The van der Waals surface area contributed by atoms with E-state index in [-0.39, 0.29) is 17.0 Å². The van der Waals surface area contributed by atoms with Gasteiger partial charge in [-0.2, -0.15) is 0 Å². The molecule has 0 aromatic heterocycles. The molecule has 2 aliphatic heterocycles. The Hall–Kier alpha value is -1.14. The van der Waals surface area contributed by atoms with E-state index in [9.17, 15) is 14.7 Å². The number of carbonyl (C=O) groups is 2. The summed E-state index contributed by atoms with van der Waals surface area (Å²) in [5.74, 6) is -1.44. The number of β-lactam (4-membered cyclic amide) rings is 1. The number of thioether (sulfide) groups is 1. The fourth-order valence-corrected chi connectivity index (χ4v) is 3.65. The molecule has 1 amide bonds. The Morgan fingerprint density at radius 3 is 2.67 bits per heavy atom. The predicted molar refractivity (Wildman–Crippen MR) is 70.0 cm³/mol. The molecule has 0 aliphatic carbocycles. The molecular formula is C11H13ClN2O3S. The number of hydrogen-bond acceptors (Lipinski definition) is 4. The lowest BCUT2D eigenvalue weighted by Crippen LogP contribution is -2.62. The van der Waals surface area contributed by atoms with Crippen molar-refractivity contribution in [2.45, 2.75) is 17.7 Å². The number of halogens is 1. The summed E-state index contributed by atoms with van der Waals surface area (Å²) in [4.78, 5) is 26.9. The molecule has 98 valence electrons. The SMILES string of the molecule is CC1=C(C(=O)O)N2C(=O)[C@H](Cl)[C@H]2S/C1=C\N(C)C. The zero-order chi connectivity index (χ0) is 13.6. The first-order valence-corrected chi connectivity index (χ1v) is 6.62. The molecule has 0 saturated carbocycles. The first-order valence-electron chi connectivity index (χ1n) is 5.31. The number of carboxylic acid groups (broad SMARTS) is 1. The van der Waals surface area contributed by atoms with E-state index in [0.29, 0.717) is 5.57 Å². The Labute approximate surface area is 114 Å². The van der Waals surface area contributed by atoms with E-state index >= 15 is 0 Å². The Bertz CT molecular complexity index is 487. The summed E-state index contributed by atoms with van der Waals surface area (Å²) in [5.41, 5.74) is 0.628. The fraction of sp³-hybridized carbons (Fsp3) is 0.455. The van der Waals surface area contributed by atoms with E-state index in [4.69, 9.17) is 11.6 Å². The van der Waals surface area contributed by atoms with Crippen molar-refractivity contribution in [3.05, 3.63) is 22.4 Å². The largest absolute Gasteiger partial charge is 0.477 e. The van der Waals surface area contributed by atoms with Gasteiger partial charge in [0.1, 0.15) is 16.4 Å². The average Bonchev–Trinajstić information content (AvgIpc) is 2.29. The summed E-state index contributed by atoms with van der Waals surface area (Å²) < 4.78 is 0. The Morgan fingerprint density at radius 2 is 2.17 bits per heavy atom. The minimum atomic E-state index is -1.10. The minimum Gasteiger partial charge on any atom is -0.477 e. The van der Waals surface area contributed by atoms with Crippen LogP contribution in [0.15, 0.2) is 22.4 Å². The van der Waals surface area contributed by atoms with Crippen molar-refractivity contribution in [3.8, 4) is 0 Å². The highest BCUT2D eigenvalue weighted by Gasteiger charge is 2.53. The maximum Gasteiger partial charge on any atom is 0.352 e. The number of aliphatic carboxylic acids is 1. The van der Waals surface area contributed by atoms with Crippen LogP contribution in [-0.2, 0) is 9.59 Å². The monoisotopic (exact) mass is 288 g/mol. The highest BCUT2D eigenvalue weighted by Crippen LogP contribution is 2.47. The van der Waals surface area contributed by atoms with Crippen LogP contribution in [0, 0.1) is 0 Å². The molecule has 18 heavy (non-hydrogen) atoms. The third-order valence-electron chi connectivity index (χ3n) is 2.77. The van der Waals surface area contributed by atoms with Gasteiger partial charge in [-0.25, -0.2) is 4.79 Å². The van der Waals surface area contributed by atoms with Crippen LogP contribution >= 0.6 is 23.4 Å². The van der Waals surface area contributed by atoms with Crippen molar-refractivity contribution < 1.29 is 14.7 Å². The number of allylic oxidation sites excluding steroid dienone is 1. The maximum absolute atomic E-state index is 11.6. The molecule has 5 nitrogen and oxygen atoms in total. The molecule has 0 bridgehead atoms. The van der Waals surface area contributed by atoms with Crippen molar-refractivity contribution in [3.63, 3.8) is 0 Å². The number of alkyl halides is 1. The van der Waals surface area contributed by atoms with Gasteiger partial charge in [0.05, 0.1) is 0 Å². The second-order valence-corrected chi connectivity index (χ2v) is 5.98. The number of carboxylic acids is 1. The van der Waals surface area contributed by atoms with Crippen LogP contribution in [0.2, 0.25) is 0 Å². The molecule has 2 rings (SSSR count). The average molecular weight is 289 g/mol. The number of amides is 1. The van der Waals surface area contributed by atoms with Gasteiger partial charge in [0.2, 0.25) is 5.91 Å². The van der Waals surface area contributed by atoms with Gasteiger partial charge >= 0.3 is 5.97 Å². The highest BCUT2D eigenvalue weighted by atomic mass is 35.5. The van der Waals surface area contributed by atoms with Crippen LogP contribution in [0.1, 0.15) is 6.92 Å². The summed E-state index contributed by atoms with van der Waals surface area (Å²) in [6.07, 6.45) is 1.84. The Morgan fingerprint density at radius 1 is 1.56 bits per heavy atom. The zero-order valence-corrected chi connectivity index (χ0v) is 11.7. The van der Waals surface area contributed by atoms with Crippen molar-refractivity contribution in [2.75, 3.05) is 14.1 Å². The molecular weight excluding hydrogens is 276 g/mol. The topological polar surface area (TPSA) is 60.9 Å². The second-order valence-electron chi connectivity index (χ2n) is 4.35. The van der Waals surface area contributed by atoms with Gasteiger partial charge in [-0.1, -0.05) is 11.8 Å². The molecule has 1 fully saturated rings. The van der Waals surface area contributed by atoms with E-state index in [2.05, 4.69) is 0 Å². The van der Waals surface area contributed by atoms with Crippen molar-refractivity contribution in [2.24, 2.45) is 0 Å². The molecule has 2 aliphatic rings. The van der Waals surface area contributed by atoms with Crippen LogP contribution in [-0.4, -0.2) is 51.6 Å². The van der Waals surface area contributed by atoms with Gasteiger partial charge in [0.25, 0.3) is 0 Å². The van der Waals surface area contributed by atoms with Crippen molar-refractivity contribution in [1.82, 2.24) is 9.80 Å². The molecule has 1 N–H and O–H groups in total. The van der Waals surface area contributed by atoms with E-state index in [0.717, 1.165) is 4.91 Å². The number of hydrogen-bond donors (Lipinski definition) is 1. The summed E-state index contributed by atoms with van der Waals surface area (Å²) in [6.45, 7) is 1.71. The van der Waals surface area contributed by atoms with Crippen LogP contribution in [0.25, 0.3) is 0 Å². The first kappa shape index (κ1) is 13.3. The highest BCUT2D eigenvalue weighted by molar-refractivity contribution is 8.04. The van der Waals surface area contributed by atoms with Crippen molar-refractivity contribution >= 4 is 35.2 Å². The third kappa shape index (κ3) is 1.89. The molecule has 0 spiro atoms. The molecule has 2 atom stereocenters. The number of fused-ring (bicyclic) bond motifs is 1. The number of nitrogens with zero attached hydrogens (tertiary/aromatic N) is 2. The molecule has 2 heterocycles. The van der Waals surface area contributed by atoms with E-state index in [1.54, 1.807) is 6.92 Å². The van der Waals surface area contributed by atoms with E-state index < -0.39 is 11.3 Å². The lowest BCUT2D eigenvalue weighted by atomic mass is 10.1. The van der Waals surface area contributed by atoms with Gasteiger partial charge < -0.3 is 10.0 Å². The van der Waals surface area contributed by atoms with Gasteiger partial charge in [0.15, 0.2) is 0 Å². The predicted octanol–water partition coefficient (Wildman–Crippen LogP) is 1.27. The van der Waals surface area contributed by atoms with Gasteiger partial charge in [-0.05, 0) is 12.5 Å². The van der Waals surface area contributed by atoms with Gasteiger partial charge in [0, 0.05) is 25.2 Å². The van der Waals surface area contributed by atoms with Crippen LogP contribution in [0.3, 0.4) is 0 Å². The summed E-state index contributed by atoms with van der Waals surface area (Å²) in [6, 6.07) is 0. The van der Waals surface area contributed by atoms with Crippen LogP contribution in [0.4, 0.5) is 0 Å². The molecule has 7 heteroatoms. The molecule has 0 unspecified atom stereocenters. The van der Waals surface area contributed by atoms with E-state index in [1.807, 2.05) is 25.2 Å². The molecule has 1 saturated heterocycles. The normalized spacial score (nSPS) is 29.2. The fourth-order valence-electron chi connectivity index (χ4n) is 1.92. The zero-order valence-electron chi connectivity index (χ0n) is 10.2. The number of carbonyl (C=O) groups excluding carboxylic acids is 1. The lowest BCUT2D eigenvalue weighted by Gasteiger charge is -2.47. The van der Waals surface area contributed by atoms with Crippen LogP contribution in [0.5, 0.6) is 0 Å². The summed E-state index contributed by atoms with van der Waals surface area (Å²) in [5, 5.41) is 8.27. The van der Waals surface area contributed by atoms with E-state index in [1.165, 1.54) is 16.7 Å². The first-order chi connectivity index (χ1) is 8.34. The Kier molecular flexibility index (Phi) is 3.33. The molecule has 0 aromatic carbocycles. The summed E-state index contributed by atoms with van der Waals surface area (Å²) >= 11 is 7.35. The minimum absolute atomic E-state index is 0.0359. The maximum atomic E-state index is 11.6.